The van der Waals surface area contributed by atoms with Gasteiger partial charge in [0.25, 0.3) is 0 Å². The number of amides is 1. The molecule has 0 bridgehead atoms. The van der Waals surface area contributed by atoms with E-state index >= 15 is 0 Å². The Morgan fingerprint density at radius 2 is 1.95 bits per heavy atom. The molecule has 1 amide bonds. The van der Waals surface area contributed by atoms with Gasteiger partial charge in [0.15, 0.2) is 0 Å². The van der Waals surface area contributed by atoms with Crippen molar-refractivity contribution < 1.29 is 4.79 Å². The van der Waals surface area contributed by atoms with Crippen LogP contribution >= 0.6 is 11.6 Å². The number of benzene rings is 2. The highest BCUT2D eigenvalue weighted by Gasteiger charge is 2.07. The minimum absolute atomic E-state index is 0.120. The fourth-order valence-electron chi connectivity index (χ4n) is 1.81. The van der Waals surface area contributed by atoms with Gasteiger partial charge >= 0.3 is 0 Å². The van der Waals surface area contributed by atoms with Crippen LogP contribution in [0.15, 0.2) is 42.5 Å². The highest BCUT2D eigenvalue weighted by Crippen LogP contribution is 2.17. The summed E-state index contributed by atoms with van der Waals surface area (Å²) in [6.07, 6.45) is 0.271. The molecule has 100 valence electrons. The van der Waals surface area contributed by atoms with E-state index < -0.39 is 0 Å². The van der Waals surface area contributed by atoms with Gasteiger partial charge in [-0.15, -0.1) is 0 Å². The first-order valence-corrected chi connectivity index (χ1v) is 6.51. The van der Waals surface area contributed by atoms with Crippen LogP contribution in [0, 0.1) is 18.3 Å². The Labute approximate surface area is 122 Å². The lowest BCUT2D eigenvalue weighted by Crippen LogP contribution is -2.15. The lowest BCUT2D eigenvalue weighted by Gasteiger charge is -2.09. The molecule has 0 fully saturated rings. The lowest BCUT2D eigenvalue weighted by atomic mass is 10.1. The maximum atomic E-state index is 12.0. The number of nitrogens with zero attached hydrogens (tertiary/aromatic N) is 1. The van der Waals surface area contributed by atoms with E-state index in [4.69, 9.17) is 16.9 Å². The second-order valence-electron chi connectivity index (χ2n) is 4.49. The number of halogens is 1. The Kier molecular flexibility index (Phi) is 4.39. The van der Waals surface area contributed by atoms with Crippen molar-refractivity contribution in [2.45, 2.75) is 13.3 Å². The number of nitrogens with one attached hydrogen (secondary N) is 1. The zero-order valence-corrected chi connectivity index (χ0v) is 11.7. The Balaban J connectivity index is 2.08. The standard InChI is InChI=1S/C16H13ClN2O/c1-11-2-3-13(10-18)8-15(11)19-16(20)9-12-4-6-14(17)7-5-12/h2-8H,9H2,1H3,(H,19,20). The summed E-state index contributed by atoms with van der Waals surface area (Å²) in [5.74, 6) is -0.120. The molecule has 0 atom stereocenters. The predicted molar refractivity (Wildman–Crippen MR) is 79.7 cm³/mol. The molecule has 2 rings (SSSR count). The van der Waals surface area contributed by atoms with Crippen molar-refractivity contribution >= 4 is 23.2 Å². The molecule has 0 unspecified atom stereocenters. The number of aryl methyl sites for hydroxylation is 1. The summed E-state index contributed by atoms with van der Waals surface area (Å²) in [5, 5.41) is 12.3. The van der Waals surface area contributed by atoms with Crippen LogP contribution in [0.1, 0.15) is 16.7 Å². The van der Waals surface area contributed by atoms with Crippen LogP contribution in [0.2, 0.25) is 5.02 Å². The number of nitriles is 1. The van der Waals surface area contributed by atoms with Crippen LogP contribution in [0.4, 0.5) is 5.69 Å². The zero-order chi connectivity index (χ0) is 14.5. The van der Waals surface area contributed by atoms with Crippen molar-refractivity contribution in [2.24, 2.45) is 0 Å². The van der Waals surface area contributed by atoms with Gasteiger partial charge in [0.1, 0.15) is 0 Å². The monoisotopic (exact) mass is 284 g/mol. The topological polar surface area (TPSA) is 52.9 Å². The molecule has 3 nitrogen and oxygen atoms in total. The third kappa shape index (κ3) is 3.59. The molecule has 0 spiro atoms. The molecule has 0 heterocycles. The largest absolute Gasteiger partial charge is 0.326 e. The Morgan fingerprint density at radius 3 is 2.60 bits per heavy atom. The van der Waals surface area contributed by atoms with Crippen LogP contribution in [-0.4, -0.2) is 5.91 Å². The van der Waals surface area contributed by atoms with Gasteiger partial charge in [-0.05, 0) is 42.3 Å². The van der Waals surface area contributed by atoms with Crippen molar-refractivity contribution in [1.29, 1.82) is 5.26 Å². The fraction of sp³-hybridized carbons (Fsp3) is 0.125. The van der Waals surface area contributed by atoms with E-state index in [-0.39, 0.29) is 12.3 Å². The predicted octanol–water partition coefficient (Wildman–Crippen LogP) is 3.70. The molecular weight excluding hydrogens is 272 g/mol. The van der Waals surface area contributed by atoms with Gasteiger partial charge in [-0.2, -0.15) is 5.26 Å². The van der Waals surface area contributed by atoms with E-state index in [1.165, 1.54) is 0 Å². The van der Waals surface area contributed by atoms with Gasteiger partial charge in [0, 0.05) is 10.7 Å². The number of carbonyl (C=O) groups is 1. The number of rotatable bonds is 3. The van der Waals surface area contributed by atoms with Crippen molar-refractivity contribution in [2.75, 3.05) is 5.32 Å². The molecule has 2 aromatic carbocycles. The molecule has 2 aromatic rings. The summed E-state index contributed by atoms with van der Waals surface area (Å²) in [5.41, 5.74) is 3.01. The Bertz CT molecular complexity index is 672. The summed E-state index contributed by atoms with van der Waals surface area (Å²) in [6, 6.07) is 14.4. The lowest BCUT2D eigenvalue weighted by molar-refractivity contribution is -0.115. The van der Waals surface area contributed by atoms with E-state index in [0.29, 0.717) is 16.3 Å². The van der Waals surface area contributed by atoms with Crippen LogP contribution in [-0.2, 0) is 11.2 Å². The van der Waals surface area contributed by atoms with Gasteiger partial charge < -0.3 is 5.32 Å². The number of hydrogen-bond acceptors (Lipinski definition) is 2. The molecule has 0 aliphatic heterocycles. The van der Waals surface area contributed by atoms with E-state index in [1.54, 1.807) is 24.3 Å². The third-order valence-corrected chi connectivity index (χ3v) is 3.17. The summed E-state index contributed by atoms with van der Waals surface area (Å²) in [4.78, 5) is 12.0. The molecule has 20 heavy (non-hydrogen) atoms. The first-order chi connectivity index (χ1) is 9.58. The SMILES string of the molecule is Cc1ccc(C#N)cc1NC(=O)Cc1ccc(Cl)cc1. The minimum atomic E-state index is -0.120. The number of hydrogen-bond donors (Lipinski definition) is 1. The minimum Gasteiger partial charge on any atom is -0.326 e. The molecule has 0 radical (unpaired) electrons. The zero-order valence-electron chi connectivity index (χ0n) is 11.0. The second kappa shape index (κ2) is 6.23. The van der Waals surface area contributed by atoms with Crippen LogP contribution in [0.25, 0.3) is 0 Å². The van der Waals surface area contributed by atoms with E-state index in [0.717, 1.165) is 11.1 Å². The smallest absolute Gasteiger partial charge is 0.228 e. The van der Waals surface area contributed by atoms with Gasteiger partial charge in [-0.3, -0.25) is 4.79 Å². The van der Waals surface area contributed by atoms with Gasteiger partial charge in [-0.25, -0.2) is 0 Å². The number of anilines is 1. The van der Waals surface area contributed by atoms with E-state index in [9.17, 15) is 4.79 Å². The van der Waals surface area contributed by atoms with Gasteiger partial charge in [0.2, 0.25) is 5.91 Å². The second-order valence-corrected chi connectivity index (χ2v) is 4.93. The van der Waals surface area contributed by atoms with Crippen molar-refractivity contribution in [1.82, 2.24) is 0 Å². The summed E-state index contributed by atoms with van der Waals surface area (Å²) < 4.78 is 0. The quantitative estimate of drug-likeness (QED) is 0.934. The third-order valence-electron chi connectivity index (χ3n) is 2.92. The van der Waals surface area contributed by atoms with Crippen LogP contribution in [0.3, 0.4) is 0 Å². The van der Waals surface area contributed by atoms with Crippen LogP contribution in [0.5, 0.6) is 0 Å². The van der Waals surface area contributed by atoms with Crippen LogP contribution < -0.4 is 5.32 Å². The number of carbonyl (C=O) groups excluding carboxylic acids is 1. The summed E-state index contributed by atoms with van der Waals surface area (Å²) in [6.45, 7) is 1.89. The van der Waals surface area contributed by atoms with Gasteiger partial charge in [0.05, 0.1) is 18.1 Å². The molecule has 1 N–H and O–H groups in total. The summed E-state index contributed by atoms with van der Waals surface area (Å²) in [7, 11) is 0. The van der Waals surface area contributed by atoms with Crippen molar-refractivity contribution in [3.8, 4) is 6.07 Å². The first-order valence-electron chi connectivity index (χ1n) is 6.13. The van der Waals surface area contributed by atoms with Gasteiger partial charge in [-0.1, -0.05) is 29.8 Å². The Hall–Kier alpha value is -2.31. The highest BCUT2D eigenvalue weighted by molar-refractivity contribution is 6.30. The first kappa shape index (κ1) is 14.1. The highest BCUT2D eigenvalue weighted by atomic mass is 35.5. The molecule has 0 saturated carbocycles. The normalized spacial score (nSPS) is 9.85. The fourth-order valence-corrected chi connectivity index (χ4v) is 1.93. The average Bonchev–Trinajstić information content (AvgIpc) is 2.44. The molecule has 0 saturated heterocycles. The van der Waals surface area contributed by atoms with E-state index in [2.05, 4.69) is 11.4 Å². The maximum Gasteiger partial charge on any atom is 0.228 e. The molecule has 0 aromatic heterocycles. The van der Waals surface area contributed by atoms with E-state index in [1.807, 2.05) is 25.1 Å². The molecule has 0 aliphatic rings. The maximum absolute atomic E-state index is 12.0. The molecule has 4 heteroatoms. The van der Waals surface area contributed by atoms with Crippen molar-refractivity contribution in [3.05, 3.63) is 64.2 Å². The average molecular weight is 285 g/mol. The molecule has 0 aliphatic carbocycles. The summed E-state index contributed by atoms with van der Waals surface area (Å²) >= 11 is 5.80. The Morgan fingerprint density at radius 1 is 1.25 bits per heavy atom. The molecular formula is C16H13ClN2O. The van der Waals surface area contributed by atoms with Crippen molar-refractivity contribution in [3.63, 3.8) is 0 Å².